The van der Waals surface area contributed by atoms with Crippen molar-refractivity contribution in [2.45, 2.75) is 83.5 Å². The van der Waals surface area contributed by atoms with Crippen LogP contribution in [0.4, 0.5) is 0 Å². The second-order valence-corrected chi connectivity index (χ2v) is 12.0. The molecule has 0 spiro atoms. The van der Waals surface area contributed by atoms with Gasteiger partial charge in [0, 0.05) is 12.5 Å². The van der Waals surface area contributed by atoms with Gasteiger partial charge in [-0.15, -0.1) is 0 Å². The normalized spacial score (nSPS) is 39.1. The van der Waals surface area contributed by atoms with E-state index in [-0.39, 0.29) is 22.8 Å². The smallest absolute Gasteiger partial charge is 0.220 e. The van der Waals surface area contributed by atoms with Gasteiger partial charge in [-0.3, -0.25) is 4.79 Å². The molecule has 4 fully saturated rings. The molecule has 6 rings (SSSR count). The van der Waals surface area contributed by atoms with Crippen LogP contribution in [-0.4, -0.2) is 18.1 Å². The molecule has 7 atom stereocenters. The van der Waals surface area contributed by atoms with Crippen LogP contribution in [0.1, 0.15) is 82.4 Å². The maximum Gasteiger partial charge on any atom is 0.220 e. The summed E-state index contributed by atoms with van der Waals surface area (Å²) in [5.74, 6) is 2.51. The van der Waals surface area contributed by atoms with Crippen molar-refractivity contribution >= 4 is 5.91 Å². The van der Waals surface area contributed by atoms with Gasteiger partial charge in [0.1, 0.15) is 6.10 Å². The van der Waals surface area contributed by atoms with Crippen LogP contribution in [0.5, 0.6) is 0 Å². The highest BCUT2D eigenvalue weighted by Crippen LogP contribution is 2.64. The monoisotopic (exact) mass is 457 g/mol. The van der Waals surface area contributed by atoms with Crippen LogP contribution in [0.15, 0.2) is 60.7 Å². The largest absolute Gasteiger partial charge is 0.365 e. The summed E-state index contributed by atoms with van der Waals surface area (Å²) in [4.78, 5) is 12.1. The zero-order valence-electron chi connectivity index (χ0n) is 20.7. The SMILES string of the molecule is C[C@]12CCC(=O)NC1CC[C@@H]1[C@H]2CC[C@]2(C)C(OC(c3ccccc3)c3ccccc3)CC[C@@H]12. The van der Waals surface area contributed by atoms with Crippen molar-refractivity contribution < 1.29 is 9.53 Å². The Kier molecular flexibility index (Phi) is 5.60. The van der Waals surface area contributed by atoms with E-state index >= 15 is 0 Å². The van der Waals surface area contributed by atoms with E-state index in [0.717, 1.165) is 37.0 Å². The lowest BCUT2D eigenvalue weighted by Crippen LogP contribution is -2.61. The summed E-state index contributed by atoms with van der Waals surface area (Å²) in [7, 11) is 0. The standard InChI is InChI=1S/C31H39NO2/c1-30-20-18-28(33)32-26(30)15-13-23-24-14-16-27(31(24,2)19-17-25(23)30)34-29(21-9-5-3-6-10-21)22-11-7-4-8-12-22/h3-12,23-27,29H,13-20H2,1-2H3,(H,32,33)/t23-,24-,25+,26?,27?,30+,31-/m0/s1. The summed E-state index contributed by atoms with van der Waals surface area (Å²) in [6.07, 6.45) is 9.44. The number of carbonyl (C=O) groups excluding carboxylic acids is 1. The summed E-state index contributed by atoms with van der Waals surface area (Å²) in [6, 6.07) is 21.9. The predicted octanol–water partition coefficient (Wildman–Crippen LogP) is 6.68. The fourth-order valence-electron chi connectivity index (χ4n) is 8.65. The fourth-order valence-corrected chi connectivity index (χ4v) is 8.65. The first-order chi connectivity index (χ1) is 16.5. The minimum atomic E-state index is -0.0116. The molecule has 1 amide bonds. The molecule has 4 aliphatic rings. The first-order valence-corrected chi connectivity index (χ1v) is 13.5. The number of carbonyl (C=O) groups is 1. The van der Waals surface area contributed by atoms with Crippen LogP contribution in [0.25, 0.3) is 0 Å². The Morgan fingerprint density at radius 1 is 0.794 bits per heavy atom. The van der Waals surface area contributed by atoms with Gasteiger partial charge in [-0.1, -0.05) is 74.5 Å². The first kappa shape index (κ1) is 22.3. The van der Waals surface area contributed by atoms with Gasteiger partial charge in [-0.25, -0.2) is 0 Å². The van der Waals surface area contributed by atoms with Gasteiger partial charge in [0.25, 0.3) is 0 Å². The maximum atomic E-state index is 12.1. The Morgan fingerprint density at radius 3 is 2.12 bits per heavy atom. The molecule has 2 aromatic carbocycles. The first-order valence-electron chi connectivity index (χ1n) is 13.5. The van der Waals surface area contributed by atoms with Gasteiger partial charge in [-0.2, -0.15) is 0 Å². The molecular weight excluding hydrogens is 418 g/mol. The van der Waals surface area contributed by atoms with Crippen LogP contribution in [-0.2, 0) is 9.53 Å². The Balaban J connectivity index is 1.26. The number of ether oxygens (including phenoxy) is 1. The molecule has 1 heterocycles. The molecule has 2 aromatic rings. The van der Waals surface area contributed by atoms with E-state index < -0.39 is 0 Å². The van der Waals surface area contributed by atoms with E-state index in [4.69, 9.17) is 4.74 Å². The Labute approximate surface area is 204 Å². The molecule has 2 unspecified atom stereocenters. The van der Waals surface area contributed by atoms with Crippen LogP contribution in [0.2, 0.25) is 0 Å². The summed E-state index contributed by atoms with van der Waals surface area (Å²) in [6.45, 7) is 5.02. The molecule has 1 saturated heterocycles. The molecule has 0 bridgehead atoms. The zero-order chi connectivity index (χ0) is 23.3. The van der Waals surface area contributed by atoms with Gasteiger partial charge in [0.15, 0.2) is 0 Å². The van der Waals surface area contributed by atoms with Crippen LogP contribution in [0, 0.1) is 28.6 Å². The van der Waals surface area contributed by atoms with Gasteiger partial charge in [0.2, 0.25) is 5.91 Å². The molecule has 3 heteroatoms. The number of benzene rings is 2. The summed E-state index contributed by atoms with van der Waals surface area (Å²) < 4.78 is 7.12. The third kappa shape index (κ3) is 3.54. The molecule has 0 aromatic heterocycles. The molecule has 1 N–H and O–H groups in total. The predicted molar refractivity (Wildman–Crippen MR) is 135 cm³/mol. The van der Waals surface area contributed by atoms with E-state index in [1.54, 1.807) is 0 Å². The van der Waals surface area contributed by atoms with Crippen LogP contribution in [0.3, 0.4) is 0 Å². The molecule has 1 aliphatic heterocycles. The topological polar surface area (TPSA) is 38.3 Å². The molecular formula is C31H39NO2. The number of hydrogen-bond acceptors (Lipinski definition) is 2. The van der Waals surface area contributed by atoms with Crippen molar-refractivity contribution in [3.8, 4) is 0 Å². The average molecular weight is 458 g/mol. The minimum absolute atomic E-state index is 0.0116. The molecule has 3 saturated carbocycles. The molecule has 3 nitrogen and oxygen atoms in total. The number of amides is 1. The number of nitrogens with one attached hydrogen (secondary N) is 1. The fraction of sp³-hybridized carbons (Fsp3) is 0.581. The van der Waals surface area contributed by atoms with Gasteiger partial charge in [0.05, 0.1) is 6.10 Å². The molecule has 0 radical (unpaired) electrons. The lowest BCUT2D eigenvalue weighted by molar-refractivity contribution is -0.143. The Hall–Kier alpha value is -2.13. The van der Waals surface area contributed by atoms with Crippen LogP contribution < -0.4 is 5.32 Å². The lowest BCUT2D eigenvalue weighted by atomic mass is 9.47. The molecule has 3 aliphatic carbocycles. The van der Waals surface area contributed by atoms with Gasteiger partial charge < -0.3 is 10.1 Å². The highest BCUT2D eigenvalue weighted by atomic mass is 16.5. The number of fused-ring (bicyclic) bond motifs is 5. The number of piperidine rings is 1. The van der Waals surface area contributed by atoms with Crippen LogP contribution >= 0.6 is 0 Å². The van der Waals surface area contributed by atoms with Crippen molar-refractivity contribution in [2.75, 3.05) is 0 Å². The van der Waals surface area contributed by atoms with E-state index in [0.29, 0.717) is 18.6 Å². The van der Waals surface area contributed by atoms with E-state index in [2.05, 4.69) is 79.8 Å². The second-order valence-electron chi connectivity index (χ2n) is 12.0. The van der Waals surface area contributed by atoms with Crippen molar-refractivity contribution in [1.29, 1.82) is 0 Å². The number of hydrogen-bond donors (Lipinski definition) is 1. The van der Waals surface area contributed by atoms with Gasteiger partial charge in [-0.05, 0) is 84.7 Å². The Bertz CT molecular complexity index is 983. The highest BCUT2D eigenvalue weighted by molar-refractivity contribution is 5.77. The quantitative estimate of drug-likeness (QED) is 0.556. The molecule has 180 valence electrons. The van der Waals surface area contributed by atoms with E-state index in [1.807, 2.05) is 0 Å². The van der Waals surface area contributed by atoms with Crippen molar-refractivity contribution in [3.05, 3.63) is 71.8 Å². The summed E-state index contributed by atoms with van der Waals surface area (Å²) in [5.41, 5.74) is 3.01. The Morgan fingerprint density at radius 2 is 1.44 bits per heavy atom. The summed E-state index contributed by atoms with van der Waals surface area (Å²) in [5, 5.41) is 3.37. The highest BCUT2D eigenvalue weighted by Gasteiger charge is 2.60. The van der Waals surface area contributed by atoms with Crippen molar-refractivity contribution in [1.82, 2.24) is 5.32 Å². The van der Waals surface area contributed by atoms with Crippen molar-refractivity contribution in [3.63, 3.8) is 0 Å². The van der Waals surface area contributed by atoms with E-state index in [9.17, 15) is 4.79 Å². The van der Waals surface area contributed by atoms with Gasteiger partial charge >= 0.3 is 0 Å². The average Bonchev–Trinajstić information content (AvgIpc) is 3.20. The third-order valence-electron chi connectivity index (χ3n) is 10.5. The van der Waals surface area contributed by atoms with Crippen molar-refractivity contribution in [2.24, 2.45) is 28.6 Å². The second kappa shape index (κ2) is 8.52. The maximum absolute atomic E-state index is 12.1. The third-order valence-corrected chi connectivity index (χ3v) is 10.5. The lowest BCUT2D eigenvalue weighted by Gasteiger charge is -2.60. The number of rotatable bonds is 4. The minimum Gasteiger partial charge on any atom is -0.365 e. The van der Waals surface area contributed by atoms with E-state index in [1.165, 1.54) is 36.8 Å². The molecule has 34 heavy (non-hydrogen) atoms. The summed E-state index contributed by atoms with van der Waals surface area (Å²) >= 11 is 0. The zero-order valence-corrected chi connectivity index (χ0v) is 20.7.